The Balaban J connectivity index is 1.30. The Bertz CT molecular complexity index is 1040. The molecule has 0 unspecified atom stereocenters. The number of carbonyl (C=O) groups is 1. The van der Waals surface area contributed by atoms with E-state index in [9.17, 15) is 4.79 Å². The molecule has 0 bridgehead atoms. The molecule has 9 heteroatoms. The number of nitrogens with zero attached hydrogens (tertiary/aromatic N) is 2. The summed E-state index contributed by atoms with van der Waals surface area (Å²) in [6.45, 7) is 2.80. The zero-order valence-electron chi connectivity index (χ0n) is 15.0. The van der Waals surface area contributed by atoms with Crippen molar-refractivity contribution in [2.75, 3.05) is 19.2 Å². The molecule has 0 spiro atoms. The maximum Gasteiger partial charge on any atom is 0.250 e. The van der Waals surface area contributed by atoms with Crippen LogP contribution in [-0.2, 0) is 4.79 Å². The molecule has 1 aliphatic heterocycles. The molecule has 4 rings (SSSR count). The number of benzene rings is 2. The first kappa shape index (κ1) is 18.6. The number of hydrogen-bond acceptors (Lipinski definition) is 8. The summed E-state index contributed by atoms with van der Waals surface area (Å²) in [4.78, 5) is 16.5. The van der Waals surface area contributed by atoms with Crippen LogP contribution in [-0.4, -0.2) is 36.3 Å². The van der Waals surface area contributed by atoms with E-state index in [4.69, 9.17) is 14.2 Å². The van der Waals surface area contributed by atoms with E-state index in [1.807, 2.05) is 43.3 Å². The third-order valence-corrected chi connectivity index (χ3v) is 5.94. The maximum atomic E-state index is 12.0. The summed E-state index contributed by atoms with van der Waals surface area (Å²) < 4.78 is 17.9. The minimum atomic E-state index is -0.198. The van der Waals surface area contributed by atoms with Gasteiger partial charge in [0.1, 0.15) is 5.75 Å². The van der Waals surface area contributed by atoms with Gasteiger partial charge in [-0.15, -0.1) is 11.3 Å². The molecular weight excluding hydrogens is 398 g/mol. The number of hydrazone groups is 1. The van der Waals surface area contributed by atoms with Gasteiger partial charge < -0.3 is 14.2 Å². The Morgan fingerprint density at radius 3 is 3.11 bits per heavy atom. The molecule has 3 aromatic rings. The van der Waals surface area contributed by atoms with Crippen LogP contribution in [0.5, 0.6) is 17.2 Å². The first-order valence-electron chi connectivity index (χ1n) is 8.59. The van der Waals surface area contributed by atoms with Gasteiger partial charge in [0.2, 0.25) is 6.79 Å². The molecule has 2 heterocycles. The van der Waals surface area contributed by atoms with E-state index < -0.39 is 0 Å². The Kier molecular flexibility index (Phi) is 5.63. The first-order chi connectivity index (χ1) is 13.7. The second-order valence-electron chi connectivity index (χ2n) is 5.74. The van der Waals surface area contributed by atoms with Crippen molar-refractivity contribution in [3.05, 3.63) is 42.0 Å². The summed E-state index contributed by atoms with van der Waals surface area (Å²) in [5.74, 6) is 2.24. The van der Waals surface area contributed by atoms with Crippen LogP contribution in [0.25, 0.3) is 10.2 Å². The average Bonchev–Trinajstić information content (AvgIpc) is 3.32. The van der Waals surface area contributed by atoms with E-state index >= 15 is 0 Å². The Labute approximate surface area is 169 Å². The van der Waals surface area contributed by atoms with Gasteiger partial charge in [-0.1, -0.05) is 11.8 Å². The number of rotatable bonds is 7. The highest BCUT2D eigenvalue weighted by Crippen LogP contribution is 2.32. The van der Waals surface area contributed by atoms with Crippen LogP contribution in [0, 0.1) is 0 Å². The molecule has 7 nitrogen and oxygen atoms in total. The summed E-state index contributed by atoms with van der Waals surface area (Å²) in [7, 11) is 0. The van der Waals surface area contributed by atoms with E-state index in [1.54, 1.807) is 6.21 Å². The van der Waals surface area contributed by atoms with Gasteiger partial charge in [-0.25, -0.2) is 10.4 Å². The van der Waals surface area contributed by atoms with Crippen LogP contribution in [0.15, 0.2) is 45.8 Å². The zero-order chi connectivity index (χ0) is 19.3. The smallest absolute Gasteiger partial charge is 0.250 e. The maximum absolute atomic E-state index is 12.0. The molecule has 1 aliphatic rings. The van der Waals surface area contributed by atoms with Gasteiger partial charge in [0, 0.05) is 0 Å². The molecule has 1 amide bonds. The van der Waals surface area contributed by atoms with E-state index in [0.717, 1.165) is 25.9 Å². The highest BCUT2D eigenvalue weighted by atomic mass is 32.2. The second-order valence-corrected chi connectivity index (χ2v) is 7.99. The minimum absolute atomic E-state index is 0.198. The predicted molar refractivity (Wildman–Crippen MR) is 110 cm³/mol. The van der Waals surface area contributed by atoms with Gasteiger partial charge in [0.05, 0.1) is 28.8 Å². The average molecular weight is 415 g/mol. The largest absolute Gasteiger partial charge is 0.494 e. The van der Waals surface area contributed by atoms with Gasteiger partial charge in [0.25, 0.3) is 5.91 Å². The summed E-state index contributed by atoms with van der Waals surface area (Å²) in [6, 6.07) is 11.3. The summed E-state index contributed by atoms with van der Waals surface area (Å²) in [6.07, 6.45) is 1.57. The molecule has 0 radical (unpaired) electrons. The van der Waals surface area contributed by atoms with Crippen molar-refractivity contribution in [3.63, 3.8) is 0 Å². The number of thioether (sulfide) groups is 1. The zero-order valence-corrected chi connectivity index (χ0v) is 16.6. The van der Waals surface area contributed by atoms with Crippen molar-refractivity contribution in [1.29, 1.82) is 0 Å². The fourth-order valence-electron chi connectivity index (χ4n) is 2.53. The second kappa shape index (κ2) is 8.49. The lowest BCUT2D eigenvalue weighted by Gasteiger charge is -2.00. The topological polar surface area (TPSA) is 82.0 Å². The number of amides is 1. The number of hydrogen-bond donors (Lipinski definition) is 1. The van der Waals surface area contributed by atoms with E-state index in [2.05, 4.69) is 15.5 Å². The van der Waals surface area contributed by atoms with Crippen LogP contribution in [0.2, 0.25) is 0 Å². The van der Waals surface area contributed by atoms with Crippen molar-refractivity contribution >= 4 is 45.4 Å². The molecule has 2 aromatic carbocycles. The van der Waals surface area contributed by atoms with Crippen molar-refractivity contribution in [1.82, 2.24) is 10.4 Å². The molecule has 0 saturated carbocycles. The number of carbonyl (C=O) groups excluding carboxylic acids is 1. The normalized spacial score (nSPS) is 12.6. The summed E-state index contributed by atoms with van der Waals surface area (Å²) in [5, 5.41) is 3.99. The first-order valence-corrected chi connectivity index (χ1v) is 10.4. The molecule has 0 saturated heterocycles. The highest BCUT2D eigenvalue weighted by Gasteiger charge is 2.12. The Hall–Kier alpha value is -2.78. The number of fused-ring (bicyclic) bond motifs is 2. The van der Waals surface area contributed by atoms with Gasteiger partial charge in [-0.05, 0) is 48.9 Å². The lowest BCUT2D eigenvalue weighted by atomic mass is 10.2. The Morgan fingerprint density at radius 2 is 2.21 bits per heavy atom. The van der Waals surface area contributed by atoms with Gasteiger partial charge in [0.15, 0.2) is 15.8 Å². The van der Waals surface area contributed by atoms with Crippen LogP contribution >= 0.6 is 23.1 Å². The van der Waals surface area contributed by atoms with E-state index in [-0.39, 0.29) is 18.5 Å². The Morgan fingerprint density at radius 1 is 1.32 bits per heavy atom. The van der Waals surface area contributed by atoms with Gasteiger partial charge in [-0.2, -0.15) is 5.10 Å². The van der Waals surface area contributed by atoms with Crippen LogP contribution in [0.4, 0.5) is 0 Å². The fraction of sp³-hybridized carbons (Fsp3) is 0.211. The molecule has 0 aliphatic carbocycles. The number of thiazole rings is 1. The molecule has 0 atom stereocenters. The standard InChI is InChI=1S/C19H17N3O4S2/c1-2-24-13-4-5-14-17(8-13)28-19(21-14)27-10-18(23)22-20-9-12-3-6-15-16(7-12)26-11-25-15/h3-9H,2,10-11H2,1H3,(H,22,23). The summed E-state index contributed by atoms with van der Waals surface area (Å²) in [5.41, 5.74) is 4.24. The van der Waals surface area contributed by atoms with Gasteiger partial charge >= 0.3 is 0 Å². The predicted octanol–water partition coefficient (Wildman–Crippen LogP) is 3.67. The fourth-order valence-corrected chi connectivity index (χ4v) is 4.42. The number of aromatic nitrogens is 1. The molecule has 1 N–H and O–H groups in total. The van der Waals surface area contributed by atoms with Crippen molar-refractivity contribution < 1.29 is 19.0 Å². The quantitative estimate of drug-likeness (QED) is 0.360. The number of nitrogens with one attached hydrogen (secondary N) is 1. The van der Waals surface area contributed by atoms with Crippen molar-refractivity contribution in [2.45, 2.75) is 11.3 Å². The highest BCUT2D eigenvalue weighted by molar-refractivity contribution is 8.01. The van der Waals surface area contributed by atoms with Crippen molar-refractivity contribution in [2.24, 2.45) is 5.10 Å². The van der Waals surface area contributed by atoms with Crippen LogP contribution in [0.1, 0.15) is 12.5 Å². The third kappa shape index (κ3) is 4.37. The third-order valence-electron chi connectivity index (χ3n) is 3.78. The monoisotopic (exact) mass is 415 g/mol. The lowest BCUT2D eigenvalue weighted by molar-refractivity contribution is -0.118. The molecular formula is C19H17N3O4S2. The molecule has 144 valence electrons. The van der Waals surface area contributed by atoms with Crippen LogP contribution in [0.3, 0.4) is 0 Å². The summed E-state index contributed by atoms with van der Waals surface area (Å²) >= 11 is 2.92. The lowest BCUT2D eigenvalue weighted by Crippen LogP contribution is -2.19. The van der Waals surface area contributed by atoms with E-state index in [0.29, 0.717) is 18.1 Å². The van der Waals surface area contributed by atoms with E-state index in [1.165, 1.54) is 23.1 Å². The SMILES string of the molecule is CCOc1ccc2nc(SCC(=O)NN=Cc3ccc4c(c3)OCO4)sc2c1. The van der Waals surface area contributed by atoms with Crippen molar-refractivity contribution in [3.8, 4) is 17.2 Å². The molecule has 1 aromatic heterocycles. The number of ether oxygens (including phenoxy) is 3. The molecule has 28 heavy (non-hydrogen) atoms. The minimum Gasteiger partial charge on any atom is -0.494 e. The van der Waals surface area contributed by atoms with Gasteiger partial charge in [-0.3, -0.25) is 4.79 Å². The van der Waals surface area contributed by atoms with Crippen LogP contribution < -0.4 is 19.6 Å². The molecule has 0 fully saturated rings.